The van der Waals surface area contributed by atoms with Crippen molar-refractivity contribution in [3.8, 4) is 0 Å². The van der Waals surface area contributed by atoms with Crippen molar-refractivity contribution >= 4 is 191 Å². The van der Waals surface area contributed by atoms with E-state index in [0.717, 1.165) is 0 Å². The van der Waals surface area contributed by atoms with Gasteiger partial charge in [-0.25, -0.2) is 0 Å². The summed E-state index contributed by atoms with van der Waals surface area (Å²) in [6.45, 7) is 0. The fourth-order valence-corrected chi connectivity index (χ4v) is 0. The molecular weight excluding hydrogens is 309 g/mol. The summed E-state index contributed by atoms with van der Waals surface area (Å²) in [4.78, 5) is 29.3. The van der Waals surface area contributed by atoms with Gasteiger partial charge < -0.3 is 19.2 Å². The van der Waals surface area contributed by atoms with Gasteiger partial charge in [0.2, 0.25) is 0 Å². The predicted octanol–water partition coefficient (Wildman–Crippen LogP) is -6.92. The third-order valence-electron chi connectivity index (χ3n) is 0. The van der Waals surface area contributed by atoms with Crippen LogP contribution >= 0.6 is 0 Å². The summed E-state index contributed by atoms with van der Waals surface area (Å²) >= 11 is 0. The maximum absolute atomic E-state index is 7.33. The van der Waals surface area contributed by atoms with E-state index in [0.29, 0.717) is 0 Å². The molecule has 0 bridgehead atoms. The number of hydrogen-bond donors (Lipinski definition) is 4. The Hall–Kier alpha value is 5.97. The first-order chi connectivity index (χ1) is 2.00. The summed E-state index contributed by atoms with van der Waals surface area (Å²) in [6, 6.07) is 0. The molecule has 0 fully saturated rings. The Morgan fingerprint density at radius 2 is 0.900 bits per heavy atom. The van der Waals surface area contributed by atoms with Crippen LogP contribution in [0.25, 0.3) is 0 Å². The van der Waals surface area contributed by atoms with E-state index in [1.54, 1.807) is 0 Å². The molecule has 0 aromatic heterocycles. The van der Waals surface area contributed by atoms with E-state index in [2.05, 4.69) is 0 Å². The quantitative estimate of drug-likeness (QED) is 0.334. The van der Waals surface area contributed by atoms with Crippen molar-refractivity contribution in [2.45, 2.75) is 0 Å². The van der Waals surface area contributed by atoms with Crippen LogP contribution in [0.3, 0.4) is 0 Å². The molecule has 0 atom stereocenters. The molecule has 0 aliphatic rings. The van der Waals surface area contributed by atoms with Crippen molar-refractivity contribution in [2.75, 3.05) is 0 Å². The van der Waals surface area contributed by atoms with Crippen LogP contribution < -0.4 is 0 Å². The molecule has 0 saturated heterocycles. The molecule has 0 saturated carbocycles. The Morgan fingerprint density at radius 3 is 0.900 bits per heavy atom. The second-order valence-electron chi connectivity index (χ2n) is 0.600. The molecule has 0 radical (unpaired) electrons. The van der Waals surface area contributed by atoms with Crippen molar-refractivity contribution in [3.05, 3.63) is 0 Å². The summed E-state index contributed by atoms with van der Waals surface area (Å²) < 4.78 is 0. The van der Waals surface area contributed by atoms with Gasteiger partial charge in [0.05, 0.1) is 0 Å². The molecule has 0 rings (SSSR count). The van der Waals surface area contributed by atoms with Crippen LogP contribution in [0.2, 0.25) is 0 Å². The topological polar surface area (TPSA) is 80.9 Å². The minimum atomic E-state index is -4.61. The number of hydrogen-bond acceptors (Lipinski definition) is 4. The van der Waals surface area contributed by atoms with Gasteiger partial charge in [-0.3, -0.25) is 0 Å². The van der Waals surface area contributed by atoms with E-state index < -0.39 is 9.05 Å². The van der Waals surface area contributed by atoms with Gasteiger partial charge in [0.15, 0.2) is 17.4 Å². The van der Waals surface area contributed by atoms with Gasteiger partial charge in [0.25, 0.3) is 0 Å². The monoisotopic (exact) mass is 322 g/mol. The average Bonchev–Trinajstić information content (AvgIpc) is 0.722. The Bertz CT molecular complexity index is 40.7. The summed E-state index contributed by atoms with van der Waals surface area (Å²) in [5, 5.41) is 0. The van der Waals surface area contributed by atoms with Gasteiger partial charge in [-0.2, -0.15) is 0 Å². The molecule has 0 aliphatic carbocycles. The molecule has 0 aliphatic heterocycles. The predicted molar refractivity (Wildman–Crippen MR) is 56.0 cm³/mol. The summed E-state index contributed by atoms with van der Waals surface area (Å²) in [7, 11) is -4.61. The zero-order valence-corrected chi connectivity index (χ0v) is 3.29. The molecule has 0 heterocycles. The molecule has 4 nitrogen and oxygen atoms in total. The molecule has 0 spiro atoms. The van der Waals surface area contributed by atoms with Gasteiger partial charge in [0, 0.05) is 0 Å². The maximum atomic E-state index is 7.33. The average molecular weight is 322 g/mol. The van der Waals surface area contributed by atoms with Gasteiger partial charge in [-0.1, -0.05) is 0 Å². The van der Waals surface area contributed by atoms with Crippen LogP contribution in [-0.4, -0.2) is 210 Å². The van der Waals surface area contributed by atoms with E-state index >= 15 is 0 Å². The summed E-state index contributed by atoms with van der Waals surface area (Å²) in [6.07, 6.45) is 0. The first kappa shape index (κ1) is 36.0. The first-order valence-corrected chi connectivity index (χ1v) is 2.68. The molecule has 50 valence electrons. The van der Waals surface area contributed by atoms with Crippen LogP contribution in [-0.2, 0) is 0 Å². The Morgan fingerprint density at radius 1 is 0.900 bits per heavy atom. The molecule has 4 N–H and O–H groups in total. The Labute approximate surface area is 203 Å². The Kier molecular flexibility index (Phi) is 73.4. The van der Waals surface area contributed by atoms with Gasteiger partial charge in [0.1, 0.15) is 0 Å². The molecule has 0 amide bonds. The molecule has 0 aromatic rings. The van der Waals surface area contributed by atoms with Crippen LogP contribution in [0.4, 0.5) is 0 Å². The molecule has 10 heavy (non-hydrogen) atoms. The van der Waals surface area contributed by atoms with E-state index in [1.165, 1.54) is 0 Å². The van der Waals surface area contributed by atoms with Crippen LogP contribution in [0.5, 0.6) is 0 Å². The zero-order valence-electron chi connectivity index (χ0n) is 2.29. The second kappa shape index (κ2) is 20.4. The third kappa shape index (κ3) is 66.0. The van der Waals surface area contributed by atoms with Crippen LogP contribution in [0.1, 0.15) is 0 Å². The molecule has 10 heteroatoms. The van der Waals surface area contributed by atoms with E-state index in [9.17, 15) is 0 Å². The molecular formula is H13AlCaKNaO4SiSr. The van der Waals surface area contributed by atoms with Crippen LogP contribution in [0.15, 0.2) is 0 Å². The van der Waals surface area contributed by atoms with Crippen molar-refractivity contribution in [1.29, 1.82) is 0 Å². The summed E-state index contributed by atoms with van der Waals surface area (Å²) in [5.74, 6) is 0. The first-order valence-electron chi connectivity index (χ1n) is 0.894. The SMILES string of the molecule is O[Si](O)(O)O.[AlH3].[CaH2].[KH].[NaH].[SrH2]. The second-order valence-corrected chi connectivity index (χ2v) is 1.80. The van der Waals surface area contributed by atoms with Gasteiger partial charge in [-0.05, 0) is 0 Å². The van der Waals surface area contributed by atoms with E-state index in [-0.39, 0.29) is 182 Å². The fraction of sp³-hybridized carbons (Fsp3) is 0. The van der Waals surface area contributed by atoms with Crippen molar-refractivity contribution < 1.29 is 19.2 Å². The zero-order chi connectivity index (χ0) is 4.50. The standard InChI is InChI=1S/Al.Ca.K.Na.H4O4Si.Sr.9H/c;;;;1-5(2,3)4;;;;;;;;;;/h;;;;1-4H;;;;;;;;;;. The van der Waals surface area contributed by atoms with Crippen molar-refractivity contribution in [3.63, 3.8) is 0 Å². The third-order valence-corrected chi connectivity index (χ3v) is 0. The minimum absolute atomic E-state index is 0. The number of rotatable bonds is 0. The van der Waals surface area contributed by atoms with Crippen LogP contribution in [0, 0.1) is 0 Å². The van der Waals surface area contributed by atoms with Gasteiger partial charge in [-0.15, -0.1) is 0 Å². The fourth-order valence-electron chi connectivity index (χ4n) is 0. The van der Waals surface area contributed by atoms with Gasteiger partial charge >= 0.3 is 173 Å². The van der Waals surface area contributed by atoms with E-state index in [4.69, 9.17) is 19.2 Å². The van der Waals surface area contributed by atoms with Crippen molar-refractivity contribution in [2.24, 2.45) is 0 Å². The summed E-state index contributed by atoms with van der Waals surface area (Å²) in [5.41, 5.74) is 0. The van der Waals surface area contributed by atoms with Crippen molar-refractivity contribution in [1.82, 2.24) is 0 Å². The van der Waals surface area contributed by atoms with E-state index in [1.807, 2.05) is 0 Å². The molecule has 0 unspecified atom stereocenters. The molecule has 0 aromatic carbocycles. The Balaban J connectivity index is -0.00000000800. The normalized spacial score (nSPS) is 6.00.